The Balaban J connectivity index is 3.20. The first kappa shape index (κ1) is 11.2. The maximum atomic E-state index is 5.77. The first-order valence-corrected chi connectivity index (χ1v) is 5.02. The van der Waals surface area contributed by atoms with Crippen LogP contribution in [0.15, 0.2) is 0 Å². The van der Waals surface area contributed by atoms with Gasteiger partial charge in [-0.2, -0.15) is 0 Å². The Morgan fingerprint density at radius 2 is 2.00 bits per heavy atom. The van der Waals surface area contributed by atoms with Crippen LogP contribution in [0, 0.1) is 5.92 Å². The zero-order valence-corrected chi connectivity index (χ0v) is 8.36. The van der Waals surface area contributed by atoms with Gasteiger partial charge in [0.15, 0.2) is 0 Å². The van der Waals surface area contributed by atoms with Crippen molar-refractivity contribution in [3.63, 3.8) is 0 Å². The minimum Gasteiger partial charge on any atom is -0.382 e. The molecule has 1 unspecified atom stereocenters. The van der Waals surface area contributed by atoms with Gasteiger partial charge in [0.05, 0.1) is 0 Å². The molecule has 0 saturated carbocycles. The van der Waals surface area contributed by atoms with E-state index in [0.29, 0.717) is 5.92 Å². The van der Waals surface area contributed by atoms with E-state index >= 15 is 0 Å². The first-order chi connectivity index (χ1) is 5.35. The van der Waals surface area contributed by atoms with Crippen molar-refractivity contribution in [3.05, 3.63) is 0 Å². The van der Waals surface area contributed by atoms with Crippen LogP contribution in [0.4, 0.5) is 0 Å². The second kappa shape index (κ2) is 8.35. The molecule has 0 aliphatic rings. The van der Waals surface area contributed by atoms with E-state index in [1.165, 1.54) is 12.8 Å². The summed E-state index contributed by atoms with van der Waals surface area (Å²) in [5.74, 6) is 1.44. The fourth-order valence-electron chi connectivity index (χ4n) is 1.10. The van der Waals surface area contributed by atoms with Crippen molar-refractivity contribution in [2.24, 2.45) is 5.92 Å². The first-order valence-electron chi connectivity index (χ1n) is 4.48. The van der Waals surface area contributed by atoms with Crippen molar-refractivity contribution < 1.29 is 4.74 Å². The number of ether oxygens (including phenoxy) is 1. The van der Waals surface area contributed by atoms with Gasteiger partial charge in [0.25, 0.3) is 0 Å². The van der Waals surface area contributed by atoms with Gasteiger partial charge < -0.3 is 4.74 Å². The smallest absolute Gasteiger partial charge is 0.0468 e. The lowest BCUT2D eigenvalue weighted by Crippen LogP contribution is -2.06. The Kier molecular flexibility index (Phi) is 8.54. The molecule has 0 aliphatic heterocycles. The maximum Gasteiger partial charge on any atom is 0.0468 e. The van der Waals surface area contributed by atoms with Crippen LogP contribution in [-0.4, -0.2) is 19.1 Å². The topological polar surface area (TPSA) is 9.23 Å². The monoisotopic (exact) mass is 178 g/mol. The largest absolute Gasteiger partial charge is 0.382 e. The SMILES string of the molecule is CCCC(CCl)CCOCC. The van der Waals surface area contributed by atoms with E-state index in [2.05, 4.69) is 6.92 Å². The second-order valence-electron chi connectivity index (χ2n) is 2.79. The van der Waals surface area contributed by atoms with E-state index < -0.39 is 0 Å². The average molecular weight is 179 g/mol. The second-order valence-corrected chi connectivity index (χ2v) is 3.10. The molecule has 1 nitrogen and oxygen atoms in total. The van der Waals surface area contributed by atoms with Crippen LogP contribution in [-0.2, 0) is 4.74 Å². The van der Waals surface area contributed by atoms with Gasteiger partial charge in [-0.15, -0.1) is 11.6 Å². The molecule has 1 atom stereocenters. The molecule has 0 N–H and O–H groups in total. The van der Waals surface area contributed by atoms with Gasteiger partial charge >= 0.3 is 0 Å². The molecule has 68 valence electrons. The molecule has 0 aromatic rings. The molecule has 0 aliphatic carbocycles. The van der Waals surface area contributed by atoms with E-state index in [1.807, 2.05) is 6.92 Å². The number of halogens is 1. The zero-order chi connectivity index (χ0) is 8.53. The predicted octanol–water partition coefficient (Wildman–Crippen LogP) is 3.07. The van der Waals surface area contributed by atoms with E-state index in [1.54, 1.807) is 0 Å². The summed E-state index contributed by atoms with van der Waals surface area (Å²) in [5, 5.41) is 0. The third-order valence-electron chi connectivity index (χ3n) is 1.79. The lowest BCUT2D eigenvalue weighted by molar-refractivity contribution is 0.133. The van der Waals surface area contributed by atoms with E-state index in [0.717, 1.165) is 25.5 Å². The summed E-state index contributed by atoms with van der Waals surface area (Å²) in [4.78, 5) is 0. The standard InChI is InChI=1S/C9H19ClO/c1-3-5-9(8-10)6-7-11-4-2/h9H,3-8H2,1-2H3. The number of alkyl halides is 1. The number of hydrogen-bond acceptors (Lipinski definition) is 1. The minimum atomic E-state index is 0.660. The Morgan fingerprint density at radius 1 is 1.27 bits per heavy atom. The maximum absolute atomic E-state index is 5.77. The lowest BCUT2D eigenvalue weighted by atomic mass is 10.0. The Hall–Kier alpha value is 0.250. The molecule has 0 heterocycles. The summed E-state index contributed by atoms with van der Waals surface area (Å²) in [7, 11) is 0. The highest BCUT2D eigenvalue weighted by atomic mass is 35.5. The fourth-order valence-corrected chi connectivity index (χ4v) is 1.41. The van der Waals surface area contributed by atoms with Crippen LogP contribution in [0.5, 0.6) is 0 Å². The van der Waals surface area contributed by atoms with Crippen LogP contribution in [0.2, 0.25) is 0 Å². The molecule has 0 fully saturated rings. The van der Waals surface area contributed by atoms with E-state index in [-0.39, 0.29) is 0 Å². The van der Waals surface area contributed by atoms with Crippen LogP contribution in [0.1, 0.15) is 33.1 Å². The highest BCUT2D eigenvalue weighted by Crippen LogP contribution is 2.12. The molecular weight excluding hydrogens is 160 g/mol. The summed E-state index contributed by atoms with van der Waals surface area (Å²) in [6.45, 7) is 5.91. The van der Waals surface area contributed by atoms with Crippen molar-refractivity contribution >= 4 is 11.6 Å². The molecule has 0 amide bonds. The minimum absolute atomic E-state index is 0.660. The van der Waals surface area contributed by atoms with Gasteiger partial charge in [-0.05, 0) is 25.7 Å². The van der Waals surface area contributed by atoms with Gasteiger partial charge in [0.1, 0.15) is 0 Å². The molecule has 0 radical (unpaired) electrons. The summed E-state index contributed by atoms with van der Waals surface area (Å²) in [5.41, 5.74) is 0. The van der Waals surface area contributed by atoms with Crippen LogP contribution >= 0.6 is 11.6 Å². The van der Waals surface area contributed by atoms with Crippen molar-refractivity contribution in [1.82, 2.24) is 0 Å². The molecule has 0 rings (SSSR count). The van der Waals surface area contributed by atoms with E-state index in [9.17, 15) is 0 Å². The highest BCUT2D eigenvalue weighted by Gasteiger charge is 2.04. The van der Waals surface area contributed by atoms with Gasteiger partial charge in [0, 0.05) is 19.1 Å². The predicted molar refractivity (Wildman–Crippen MR) is 50.2 cm³/mol. The fraction of sp³-hybridized carbons (Fsp3) is 1.00. The summed E-state index contributed by atoms with van der Waals surface area (Å²) in [6, 6.07) is 0. The van der Waals surface area contributed by atoms with Crippen LogP contribution in [0.3, 0.4) is 0 Å². The van der Waals surface area contributed by atoms with Crippen molar-refractivity contribution in [1.29, 1.82) is 0 Å². The van der Waals surface area contributed by atoms with Gasteiger partial charge in [-0.25, -0.2) is 0 Å². The molecule has 2 heteroatoms. The summed E-state index contributed by atoms with van der Waals surface area (Å²) < 4.78 is 5.25. The van der Waals surface area contributed by atoms with Crippen LogP contribution < -0.4 is 0 Å². The highest BCUT2D eigenvalue weighted by molar-refractivity contribution is 6.18. The third-order valence-corrected chi connectivity index (χ3v) is 2.23. The normalized spacial score (nSPS) is 13.4. The number of hydrogen-bond donors (Lipinski definition) is 0. The van der Waals surface area contributed by atoms with E-state index in [4.69, 9.17) is 16.3 Å². The quantitative estimate of drug-likeness (QED) is 0.430. The molecule has 0 aromatic carbocycles. The Bertz CT molecular complexity index is 76.0. The molecule has 0 bridgehead atoms. The summed E-state index contributed by atoms with van der Waals surface area (Å²) >= 11 is 5.77. The van der Waals surface area contributed by atoms with Crippen molar-refractivity contribution in [3.8, 4) is 0 Å². The van der Waals surface area contributed by atoms with Gasteiger partial charge in [0.2, 0.25) is 0 Å². The molecule has 0 aromatic heterocycles. The zero-order valence-electron chi connectivity index (χ0n) is 7.61. The summed E-state index contributed by atoms with van der Waals surface area (Å²) in [6.07, 6.45) is 3.57. The lowest BCUT2D eigenvalue weighted by Gasteiger charge is -2.11. The average Bonchev–Trinajstić information content (AvgIpc) is 2.03. The van der Waals surface area contributed by atoms with Crippen molar-refractivity contribution in [2.75, 3.05) is 19.1 Å². The van der Waals surface area contributed by atoms with Gasteiger partial charge in [-0.3, -0.25) is 0 Å². The molecule has 0 saturated heterocycles. The van der Waals surface area contributed by atoms with Crippen molar-refractivity contribution in [2.45, 2.75) is 33.1 Å². The van der Waals surface area contributed by atoms with Crippen LogP contribution in [0.25, 0.3) is 0 Å². The van der Waals surface area contributed by atoms with Gasteiger partial charge in [-0.1, -0.05) is 13.3 Å². The molecule has 0 spiro atoms. The Labute approximate surface area is 75.1 Å². The molecule has 11 heavy (non-hydrogen) atoms. The Morgan fingerprint density at radius 3 is 2.45 bits per heavy atom. The number of rotatable bonds is 7. The third kappa shape index (κ3) is 6.64. The molecular formula is C9H19ClO.